The SMILES string of the molecule is CCC[C@@H](C=O)NC(=O)CCCC(=O)O. The Kier molecular flexibility index (Phi) is 7.23. The summed E-state index contributed by atoms with van der Waals surface area (Å²) in [5, 5.41) is 10.9. The first kappa shape index (κ1) is 13.6. The Morgan fingerprint density at radius 2 is 2.07 bits per heavy atom. The van der Waals surface area contributed by atoms with Crippen molar-refractivity contribution in [3.8, 4) is 0 Å². The molecule has 0 aliphatic rings. The summed E-state index contributed by atoms with van der Waals surface area (Å²) in [5.74, 6) is -1.18. The zero-order chi connectivity index (χ0) is 11.7. The summed E-state index contributed by atoms with van der Waals surface area (Å²) in [4.78, 5) is 31.9. The molecule has 15 heavy (non-hydrogen) atoms. The van der Waals surface area contributed by atoms with Crippen LogP contribution in [0.2, 0.25) is 0 Å². The van der Waals surface area contributed by atoms with Crippen LogP contribution in [0.5, 0.6) is 0 Å². The quantitative estimate of drug-likeness (QED) is 0.584. The summed E-state index contributed by atoms with van der Waals surface area (Å²) in [6.45, 7) is 1.92. The summed E-state index contributed by atoms with van der Waals surface area (Å²) in [7, 11) is 0. The number of amides is 1. The fourth-order valence-corrected chi connectivity index (χ4v) is 1.16. The monoisotopic (exact) mass is 215 g/mol. The van der Waals surface area contributed by atoms with Crippen LogP contribution in [-0.2, 0) is 14.4 Å². The minimum atomic E-state index is -0.914. The van der Waals surface area contributed by atoms with Crippen molar-refractivity contribution in [2.45, 2.75) is 45.1 Å². The molecule has 0 aromatic heterocycles. The van der Waals surface area contributed by atoms with E-state index in [1.54, 1.807) is 0 Å². The maximum atomic E-state index is 11.2. The molecule has 0 radical (unpaired) electrons. The van der Waals surface area contributed by atoms with Gasteiger partial charge in [0.15, 0.2) is 0 Å². The van der Waals surface area contributed by atoms with E-state index < -0.39 is 12.0 Å². The summed E-state index contributed by atoms with van der Waals surface area (Å²) in [5.41, 5.74) is 0. The third kappa shape index (κ3) is 7.66. The van der Waals surface area contributed by atoms with Gasteiger partial charge in [0, 0.05) is 12.8 Å². The van der Waals surface area contributed by atoms with Crippen LogP contribution in [0, 0.1) is 0 Å². The van der Waals surface area contributed by atoms with Crippen LogP contribution in [0.3, 0.4) is 0 Å². The van der Waals surface area contributed by atoms with Crippen molar-refractivity contribution in [1.82, 2.24) is 5.32 Å². The lowest BCUT2D eigenvalue weighted by Gasteiger charge is -2.10. The summed E-state index contributed by atoms with van der Waals surface area (Å²) in [6, 6.07) is -0.438. The number of hydrogen-bond donors (Lipinski definition) is 2. The van der Waals surface area contributed by atoms with Crippen molar-refractivity contribution in [2.75, 3.05) is 0 Å². The molecule has 1 amide bonds. The van der Waals surface area contributed by atoms with E-state index in [4.69, 9.17) is 5.11 Å². The molecule has 5 nitrogen and oxygen atoms in total. The van der Waals surface area contributed by atoms with E-state index in [1.807, 2.05) is 6.92 Å². The van der Waals surface area contributed by atoms with Gasteiger partial charge in [-0.25, -0.2) is 0 Å². The number of aldehydes is 1. The van der Waals surface area contributed by atoms with Crippen LogP contribution in [-0.4, -0.2) is 29.3 Å². The molecule has 1 atom stereocenters. The van der Waals surface area contributed by atoms with Crippen LogP contribution in [0.4, 0.5) is 0 Å². The average molecular weight is 215 g/mol. The maximum Gasteiger partial charge on any atom is 0.303 e. The second-order valence-electron chi connectivity index (χ2n) is 3.35. The van der Waals surface area contributed by atoms with Crippen molar-refractivity contribution in [3.63, 3.8) is 0 Å². The van der Waals surface area contributed by atoms with Gasteiger partial charge in [-0.3, -0.25) is 9.59 Å². The van der Waals surface area contributed by atoms with Gasteiger partial charge in [-0.15, -0.1) is 0 Å². The molecule has 0 aromatic carbocycles. The number of hydrogen-bond acceptors (Lipinski definition) is 3. The zero-order valence-corrected chi connectivity index (χ0v) is 8.86. The smallest absolute Gasteiger partial charge is 0.303 e. The molecule has 0 spiro atoms. The van der Waals surface area contributed by atoms with E-state index in [0.717, 1.165) is 6.42 Å². The fourth-order valence-electron chi connectivity index (χ4n) is 1.16. The topological polar surface area (TPSA) is 83.5 Å². The molecular formula is C10H17NO4. The minimum Gasteiger partial charge on any atom is -0.481 e. The standard InChI is InChI=1S/C10H17NO4/c1-2-4-8(7-12)11-9(13)5-3-6-10(14)15/h7-8H,2-6H2,1H3,(H,11,13)(H,14,15)/t8-/m0/s1. The van der Waals surface area contributed by atoms with E-state index in [9.17, 15) is 14.4 Å². The van der Waals surface area contributed by atoms with E-state index in [2.05, 4.69) is 5.32 Å². The van der Waals surface area contributed by atoms with Crippen molar-refractivity contribution in [2.24, 2.45) is 0 Å². The number of carbonyl (C=O) groups is 3. The predicted octanol–water partition coefficient (Wildman–Crippen LogP) is 0.725. The van der Waals surface area contributed by atoms with Gasteiger partial charge in [-0.05, 0) is 12.8 Å². The Morgan fingerprint density at radius 1 is 1.40 bits per heavy atom. The molecule has 0 saturated heterocycles. The molecule has 86 valence electrons. The van der Waals surface area contributed by atoms with E-state index in [0.29, 0.717) is 19.1 Å². The summed E-state index contributed by atoms with van der Waals surface area (Å²) < 4.78 is 0. The Labute approximate surface area is 88.9 Å². The molecule has 0 bridgehead atoms. The normalized spacial score (nSPS) is 11.8. The molecule has 0 aliphatic carbocycles. The third-order valence-electron chi connectivity index (χ3n) is 1.90. The fraction of sp³-hybridized carbons (Fsp3) is 0.700. The van der Waals surface area contributed by atoms with Gasteiger partial charge in [-0.2, -0.15) is 0 Å². The Bertz CT molecular complexity index is 227. The van der Waals surface area contributed by atoms with E-state index >= 15 is 0 Å². The molecule has 0 aliphatic heterocycles. The average Bonchev–Trinajstić information content (AvgIpc) is 2.16. The molecule has 0 heterocycles. The minimum absolute atomic E-state index is 0.0209. The molecule has 2 N–H and O–H groups in total. The number of aliphatic carboxylic acids is 1. The first-order valence-corrected chi connectivity index (χ1v) is 5.06. The molecule has 0 unspecified atom stereocenters. The van der Waals surface area contributed by atoms with Gasteiger partial charge >= 0.3 is 5.97 Å². The number of rotatable bonds is 8. The summed E-state index contributed by atoms with van der Waals surface area (Å²) >= 11 is 0. The van der Waals surface area contributed by atoms with Crippen LogP contribution in [0.1, 0.15) is 39.0 Å². The van der Waals surface area contributed by atoms with E-state index in [-0.39, 0.29) is 18.7 Å². The maximum absolute atomic E-state index is 11.2. The highest BCUT2D eigenvalue weighted by atomic mass is 16.4. The van der Waals surface area contributed by atoms with Crippen LogP contribution in [0.15, 0.2) is 0 Å². The van der Waals surface area contributed by atoms with Crippen molar-refractivity contribution < 1.29 is 19.5 Å². The highest BCUT2D eigenvalue weighted by Gasteiger charge is 2.10. The van der Waals surface area contributed by atoms with Gasteiger partial charge in [0.25, 0.3) is 0 Å². The molecular weight excluding hydrogens is 198 g/mol. The Balaban J connectivity index is 3.70. The van der Waals surface area contributed by atoms with Gasteiger partial charge in [0.05, 0.1) is 6.04 Å². The zero-order valence-electron chi connectivity index (χ0n) is 8.86. The lowest BCUT2D eigenvalue weighted by atomic mass is 10.1. The van der Waals surface area contributed by atoms with Crippen molar-refractivity contribution >= 4 is 18.2 Å². The Morgan fingerprint density at radius 3 is 2.53 bits per heavy atom. The first-order valence-electron chi connectivity index (χ1n) is 5.06. The van der Waals surface area contributed by atoms with Crippen molar-refractivity contribution in [3.05, 3.63) is 0 Å². The van der Waals surface area contributed by atoms with Crippen LogP contribution >= 0.6 is 0 Å². The Hall–Kier alpha value is -1.39. The molecule has 5 heteroatoms. The highest BCUT2D eigenvalue weighted by Crippen LogP contribution is 1.98. The third-order valence-corrected chi connectivity index (χ3v) is 1.90. The van der Waals surface area contributed by atoms with Gasteiger partial charge in [-0.1, -0.05) is 13.3 Å². The summed E-state index contributed by atoms with van der Waals surface area (Å²) in [6.07, 6.45) is 2.58. The van der Waals surface area contributed by atoms with Crippen LogP contribution < -0.4 is 5.32 Å². The highest BCUT2D eigenvalue weighted by molar-refractivity contribution is 5.80. The number of carboxylic acid groups (broad SMARTS) is 1. The molecule has 0 fully saturated rings. The predicted molar refractivity (Wildman–Crippen MR) is 54.4 cm³/mol. The number of nitrogens with one attached hydrogen (secondary N) is 1. The van der Waals surface area contributed by atoms with Crippen molar-refractivity contribution in [1.29, 1.82) is 0 Å². The van der Waals surface area contributed by atoms with E-state index in [1.165, 1.54) is 0 Å². The lowest BCUT2D eigenvalue weighted by molar-refractivity contribution is -0.137. The largest absolute Gasteiger partial charge is 0.481 e. The lowest BCUT2D eigenvalue weighted by Crippen LogP contribution is -2.35. The number of carbonyl (C=O) groups excluding carboxylic acids is 2. The second kappa shape index (κ2) is 7.96. The molecule has 0 saturated carbocycles. The number of carboxylic acids is 1. The van der Waals surface area contributed by atoms with Crippen LogP contribution in [0.25, 0.3) is 0 Å². The second-order valence-corrected chi connectivity index (χ2v) is 3.35. The van der Waals surface area contributed by atoms with Gasteiger partial charge in [0.2, 0.25) is 5.91 Å². The molecule has 0 aromatic rings. The first-order chi connectivity index (χ1) is 7.10. The van der Waals surface area contributed by atoms with Gasteiger partial charge in [0.1, 0.15) is 6.29 Å². The molecule has 0 rings (SSSR count). The van der Waals surface area contributed by atoms with Gasteiger partial charge < -0.3 is 15.2 Å².